The quantitative estimate of drug-likeness (QED) is 0.707. The van der Waals surface area contributed by atoms with E-state index >= 15 is 0 Å². The number of rotatable bonds is 5. The van der Waals surface area contributed by atoms with Gasteiger partial charge >= 0.3 is 0 Å². The summed E-state index contributed by atoms with van der Waals surface area (Å²) in [5.41, 5.74) is 1.42. The summed E-state index contributed by atoms with van der Waals surface area (Å²) in [4.78, 5) is 18.7. The number of hydrogen-bond acceptors (Lipinski definition) is 3. The van der Waals surface area contributed by atoms with Crippen LogP contribution in [0.2, 0.25) is 5.02 Å². The lowest BCUT2D eigenvalue weighted by Crippen LogP contribution is -2.30. The summed E-state index contributed by atoms with van der Waals surface area (Å²) < 4.78 is 5.38. The molecule has 0 bridgehead atoms. The number of amides is 1. The second-order valence-electron chi connectivity index (χ2n) is 5.08. The molecule has 0 N–H and O–H groups in total. The molecule has 1 amide bonds. The van der Waals surface area contributed by atoms with Crippen molar-refractivity contribution in [3.8, 4) is 0 Å². The summed E-state index contributed by atoms with van der Waals surface area (Å²) in [6.07, 6.45) is 5.04. The number of benzene rings is 1. The Morgan fingerprint density at radius 1 is 1.09 bits per heavy atom. The summed E-state index contributed by atoms with van der Waals surface area (Å²) in [6, 6.07) is 14.5. The zero-order valence-corrected chi connectivity index (χ0v) is 13.1. The highest BCUT2D eigenvalue weighted by molar-refractivity contribution is 6.33. The van der Waals surface area contributed by atoms with Gasteiger partial charge in [0.05, 0.1) is 23.4 Å². The maximum Gasteiger partial charge on any atom is 0.256 e. The van der Waals surface area contributed by atoms with Gasteiger partial charge in [0.1, 0.15) is 5.76 Å². The molecular weight excluding hydrogens is 312 g/mol. The Balaban J connectivity index is 1.88. The topological polar surface area (TPSA) is 46.3 Å². The third kappa shape index (κ3) is 3.79. The first-order valence-electron chi connectivity index (χ1n) is 7.19. The fraction of sp³-hybridized carbons (Fsp3) is 0.111. The number of pyridine rings is 1. The molecule has 2 aromatic heterocycles. The number of carbonyl (C=O) groups is 1. The largest absolute Gasteiger partial charge is 0.467 e. The van der Waals surface area contributed by atoms with Crippen molar-refractivity contribution in [2.45, 2.75) is 13.1 Å². The first-order valence-corrected chi connectivity index (χ1v) is 7.57. The van der Waals surface area contributed by atoms with Crippen molar-refractivity contribution in [1.82, 2.24) is 9.88 Å². The number of aromatic nitrogens is 1. The monoisotopic (exact) mass is 326 g/mol. The molecule has 0 saturated carbocycles. The minimum absolute atomic E-state index is 0.143. The van der Waals surface area contributed by atoms with Crippen molar-refractivity contribution in [2.24, 2.45) is 0 Å². The molecule has 0 aliphatic carbocycles. The van der Waals surface area contributed by atoms with E-state index in [1.54, 1.807) is 53.9 Å². The number of carbonyl (C=O) groups excluding carboxylic acids is 1. The second kappa shape index (κ2) is 7.11. The van der Waals surface area contributed by atoms with Crippen LogP contribution in [0.15, 0.2) is 71.6 Å². The van der Waals surface area contributed by atoms with Gasteiger partial charge in [-0.15, -0.1) is 0 Å². The second-order valence-corrected chi connectivity index (χ2v) is 5.49. The molecule has 0 aliphatic heterocycles. The molecule has 3 rings (SSSR count). The first-order chi connectivity index (χ1) is 11.2. The molecule has 0 atom stereocenters. The van der Waals surface area contributed by atoms with Crippen LogP contribution < -0.4 is 0 Å². The van der Waals surface area contributed by atoms with Crippen molar-refractivity contribution < 1.29 is 9.21 Å². The third-order valence-electron chi connectivity index (χ3n) is 3.41. The van der Waals surface area contributed by atoms with E-state index in [0.717, 1.165) is 5.56 Å². The molecule has 1 aromatic carbocycles. The van der Waals surface area contributed by atoms with Gasteiger partial charge in [0, 0.05) is 18.9 Å². The fourth-order valence-electron chi connectivity index (χ4n) is 2.31. The maximum atomic E-state index is 12.9. The third-order valence-corrected chi connectivity index (χ3v) is 3.74. The van der Waals surface area contributed by atoms with Gasteiger partial charge in [0.15, 0.2) is 0 Å². The van der Waals surface area contributed by atoms with Gasteiger partial charge in [-0.1, -0.05) is 29.8 Å². The normalized spacial score (nSPS) is 10.5. The van der Waals surface area contributed by atoms with Crippen LogP contribution in [0.1, 0.15) is 21.7 Å². The minimum Gasteiger partial charge on any atom is -0.467 e. The minimum atomic E-state index is -0.143. The van der Waals surface area contributed by atoms with Crippen LogP contribution in [0, 0.1) is 0 Å². The van der Waals surface area contributed by atoms with Crippen molar-refractivity contribution >= 4 is 17.5 Å². The zero-order valence-electron chi connectivity index (χ0n) is 12.4. The molecule has 5 heteroatoms. The van der Waals surface area contributed by atoms with E-state index in [0.29, 0.717) is 29.4 Å². The Hall–Kier alpha value is -2.59. The molecule has 23 heavy (non-hydrogen) atoms. The lowest BCUT2D eigenvalue weighted by atomic mass is 10.1. The van der Waals surface area contributed by atoms with Gasteiger partial charge in [-0.05, 0) is 35.9 Å². The van der Waals surface area contributed by atoms with Gasteiger partial charge in [-0.3, -0.25) is 9.78 Å². The highest BCUT2D eigenvalue weighted by Crippen LogP contribution is 2.20. The highest BCUT2D eigenvalue weighted by atomic mass is 35.5. The molecule has 0 radical (unpaired) electrons. The van der Waals surface area contributed by atoms with Crippen LogP contribution in [0.4, 0.5) is 0 Å². The molecule has 0 unspecified atom stereocenters. The van der Waals surface area contributed by atoms with Crippen LogP contribution >= 0.6 is 11.6 Å². The predicted molar refractivity (Wildman–Crippen MR) is 88.0 cm³/mol. The van der Waals surface area contributed by atoms with Crippen LogP contribution in [0.5, 0.6) is 0 Å². The molecule has 4 nitrogen and oxygen atoms in total. The highest BCUT2D eigenvalue weighted by Gasteiger charge is 2.19. The van der Waals surface area contributed by atoms with Gasteiger partial charge < -0.3 is 9.32 Å². The lowest BCUT2D eigenvalue weighted by Gasteiger charge is -2.22. The van der Waals surface area contributed by atoms with Gasteiger partial charge in [0.25, 0.3) is 5.91 Å². The van der Waals surface area contributed by atoms with E-state index in [9.17, 15) is 4.79 Å². The van der Waals surface area contributed by atoms with Gasteiger partial charge in [-0.25, -0.2) is 0 Å². The maximum absolute atomic E-state index is 12.9. The molecule has 0 saturated heterocycles. The van der Waals surface area contributed by atoms with Crippen LogP contribution in [0.3, 0.4) is 0 Å². The fourth-order valence-corrected chi connectivity index (χ4v) is 2.52. The standard InChI is InChI=1S/C18H15ClN2O2/c19-17-8-2-1-7-16(17)18(22)21(13-15-6-4-10-23-15)12-14-5-3-9-20-11-14/h1-11H,12-13H2. The van der Waals surface area contributed by atoms with Crippen LogP contribution in [0.25, 0.3) is 0 Å². The number of hydrogen-bond donors (Lipinski definition) is 0. The Kier molecular flexibility index (Phi) is 4.74. The van der Waals surface area contributed by atoms with Gasteiger partial charge in [-0.2, -0.15) is 0 Å². The Morgan fingerprint density at radius 3 is 2.65 bits per heavy atom. The van der Waals surface area contributed by atoms with Gasteiger partial charge in [0.2, 0.25) is 0 Å². The SMILES string of the molecule is O=C(c1ccccc1Cl)N(Cc1cccnc1)Cc1ccco1. The molecule has 0 fully saturated rings. The summed E-state index contributed by atoms with van der Waals surface area (Å²) in [5, 5.41) is 0.438. The number of furan rings is 1. The van der Waals surface area contributed by atoms with Crippen LogP contribution in [-0.2, 0) is 13.1 Å². The van der Waals surface area contributed by atoms with Crippen molar-refractivity contribution in [1.29, 1.82) is 0 Å². The Morgan fingerprint density at radius 2 is 1.96 bits per heavy atom. The molecule has 3 aromatic rings. The average molecular weight is 327 g/mol. The van der Waals surface area contributed by atoms with E-state index < -0.39 is 0 Å². The first kappa shape index (κ1) is 15.3. The number of nitrogens with zero attached hydrogens (tertiary/aromatic N) is 2. The summed E-state index contributed by atoms with van der Waals surface area (Å²) in [6.45, 7) is 0.796. The Labute approximate surface area is 139 Å². The molecule has 0 aliphatic rings. The van der Waals surface area contributed by atoms with E-state index in [1.807, 2.05) is 18.2 Å². The Bertz CT molecular complexity index is 773. The smallest absolute Gasteiger partial charge is 0.256 e. The number of halogens is 1. The molecule has 2 heterocycles. The molecule has 116 valence electrons. The summed E-state index contributed by atoms with van der Waals surface area (Å²) in [7, 11) is 0. The summed E-state index contributed by atoms with van der Waals surface area (Å²) in [5.74, 6) is 0.574. The summed E-state index contributed by atoms with van der Waals surface area (Å²) >= 11 is 6.16. The van der Waals surface area contributed by atoms with Crippen LogP contribution in [-0.4, -0.2) is 15.8 Å². The van der Waals surface area contributed by atoms with Crippen molar-refractivity contribution in [3.63, 3.8) is 0 Å². The molecular formula is C18H15ClN2O2. The van der Waals surface area contributed by atoms with E-state index in [-0.39, 0.29) is 5.91 Å². The average Bonchev–Trinajstić information content (AvgIpc) is 3.08. The van der Waals surface area contributed by atoms with E-state index in [1.165, 1.54) is 0 Å². The lowest BCUT2D eigenvalue weighted by molar-refractivity contribution is 0.0717. The molecule has 0 spiro atoms. The van der Waals surface area contributed by atoms with E-state index in [2.05, 4.69) is 4.98 Å². The predicted octanol–water partition coefficient (Wildman–Crippen LogP) is 4.17. The van der Waals surface area contributed by atoms with Crippen molar-refractivity contribution in [3.05, 3.63) is 89.1 Å². The van der Waals surface area contributed by atoms with Crippen molar-refractivity contribution in [2.75, 3.05) is 0 Å². The zero-order chi connectivity index (χ0) is 16.1. The van der Waals surface area contributed by atoms with E-state index in [4.69, 9.17) is 16.0 Å².